The van der Waals surface area contributed by atoms with Crippen LogP contribution in [0.2, 0.25) is 0 Å². The van der Waals surface area contributed by atoms with E-state index < -0.39 is 0 Å². The van der Waals surface area contributed by atoms with Gasteiger partial charge in [-0.25, -0.2) is 0 Å². The van der Waals surface area contributed by atoms with Gasteiger partial charge in [-0.15, -0.1) is 0 Å². The molecule has 1 fully saturated rings. The Hall–Kier alpha value is -0.550. The highest BCUT2D eigenvalue weighted by molar-refractivity contribution is 5.09. The van der Waals surface area contributed by atoms with E-state index >= 15 is 0 Å². The Labute approximate surface area is 107 Å². The molecule has 0 radical (unpaired) electrons. The summed E-state index contributed by atoms with van der Waals surface area (Å²) < 4.78 is 0. The lowest BCUT2D eigenvalue weighted by Gasteiger charge is -2.43. The van der Waals surface area contributed by atoms with Crippen molar-refractivity contribution in [3.05, 3.63) is 0 Å². The number of likely N-dealkylation sites (tertiary alicyclic amines) is 1. The molecule has 1 rings (SSSR count). The molecule has 0 unspecified atom stereocenters. The summed E-state index contributed by atoms with van der Waals surface area (Å²) in [5.74, 6) is 1.19. The van der Waals surface area contributed by atoms with Gasteiger partial charge in [0, 0.05) is 0 Å². The molecule has 0 saturated carbocycles. The highest BCUT2D eigenvalue weighted by Gasteiger charge is 2.38. The molecule has 0 spiro atoms. The predicted molar refractivity (Wildman–Crippen MR) is 72.7 cm³/mol. The fraction of sp³-hybridized carbons (Fsp3) is 0.933. The summed E-state index contributed by atoms with van der Waals surface area (Å²) in [6.45, 7) is 11.2. The lowest BCUT2D eigenvalue weighted by Crippen LogP contribution is -2.51. The predicted octanol–water partition coefficient (Wildman–Crippen LogP) is 3.83. The molecule has 0 atom stereocenters. The first kappa shape index (κ1) is 14.5. The molecule has 2 heteroatoms. The molecule has 1 aliphatic rings. The second-order valence-corrected chi connectivity index (χ2v) is 6.39. The zero-order valence-electron chi connectivity index (χ0n) is 12.0. The number of piperidine rings is 1. The van der Waals surface area contributed by atoms with Gasteiger partial charge in [0.05, 0.1) is 6.07 Å². The Morgan fingerprint density at radius 2 is 1.47 bits per heavy atom. The minimum absolute atomic E-state index is 0.206. The molecular formula is C15H28N2. The van der Waals surface area contributed by atoms with E-state index in [4.69, 9.17) is 0 Å². The zero-order chi connectivity index (χ0) is 12.9. The Bertz CT molecular complexity index is 247. The van der Waals surface area contributed by atoms with Crippen LogP contribution in [0, 0.1) is 23.2 Å². The van der Waals surface area contributed by atoms with Crippen LogP contribution in [0.4, 0.5) is 0 Å². The van der Waals surface area contributed by atoms with Crippen molar-refractivity contribution in [2.75, 3.05) is 13.1 Å². The number of nitrogens with zero attached hydrogens (tertiary/aromatic N) is 2. The van der Waals surface area contributed by atoms with Gasteiger partial charge in [-0.05, 0) is 50.6 Å². The van der Waals surface area contributed by atoms with E-state index in [1.165, 1.54) is 19.3 Å². The van der Waals surface area contributed by atoms with Crippen LogP contribution in [0.15, 0.2) is 0 Å². The maximum absolute atomic E-state index is 9.73. The topological polar surface area (TPSA) is 27.0 Å². The smallest absolute Gasteiger partial charge is 0.109 e. The molecule has 2 nitrogen and oxygen atoms in total. The molecule has 0 aromatic carbocycles. The quantitative estimate of drug-likeness (QED) is 0.725. The van der Waals surface area contributed by atoms with Gasteiger partial charge in [0.1, 0.15) is 5.54 Å². The van der Waals surface area contributed by atoms with Crippen molar-refractivity contribution in [1.29, 1.82) is 5.26 Å². The van der Waals surface area contributed by atoms with E-state index in [0.717, 1.165) is 25.9 Å². The summed E-state index contributed by atoms with van der Waals surface area (Å²) in [5.41, 5.74) is -0.206. The molecular weight excluding hydrogens is 208 g/mol. The van der Waals surface area contributed by atoms with Gasteiger partial charge < -0.3 is 0 Å². The molecule has 1 aliphatic heterocycles. The van der Waals surface area contributed by atoms with Crippen LogP contribution in [-0.4, -0.2) is 23.5 Å². The standard InChI is InChI=1S/C15H28N2/c1-13(2)10-15(12-16,11-14(3)4)17-8-6-5-7-9-17/h13-14H,5-11H2,1-4H3. The van der Waals surface area contributed by atoms with E-state index in [1.807, 2.05) is 0 Å². The van der Waals surface area contributed by atoms with Gasteiger partial charge in [-0.2, -0.15) is 5.26 Å². The highest BCUT2D eigenvalue weighted by Crippen LogP contribution is 2.32. The number of rotatable bonds is 5. The third kappa shape index (κ3) is 4.00. The third-order valence-corrected chi connectivity index (χ3v) is 3.66. The van der Waals surface area contributed by atoms with Crippen LogP contribution in [0.3, 0.4) is 0 Å². The van der Waals surface area contributed by atoms with E-state index in [-0.39, 0.29) is 5.54 Å². The fourth-order valence-corrected chi connectivity index (χ4v) is 3.18. The van der Waals surface area contributed by atoms with Gasteiger partial charge in [0.15, 0.2) is 0 Å². The maximum Gasteiger partial charge on any atom is 0.109 e. The van der Waals surface area contributed by atoms with Crippen molar-refractivity contribution in [1.82, 2.24) is 4.90 Å². The van der Waals surface area contributed by atoms with Crippen molar-refractivity contribution in [2.24, 2.45) is 11.8 Å². The Morgan fingerprint density at radius 3 is 1.82 bits per heavy atom. The van der Waals surface area contributed by atoms with E-state index in [2.05, 4.69) is 38.7 Å². The molecule has 1 heterocycles. The second-order valence-electron chi connectivity index (χ2n) is 6.39. The maximum atomic E-state index is 9.73. The molecule has 1 saturated heterocycles. The van der Waals surface area contributed by atoms with Crippen LogP contribution in [0.5, 0.6) is 0 Å². The molecule has 0 bridgehead atoms. The lowest BCUT2D eigenvalue weighted by molar-refractivity contribution is 0.0740. The highest BCUT2D eigenvalue weighted by atomic mass is 15.2. The van der Waals surface area contributed by atoms with Gasteiger partial charge in [0.25, 0.3) is 0 Å². The zero-order valence-corrected chi connectivity index (χ0v) is 12.0. The van der Waals surface area contributed by atoms with Crippen LogP contribution in [-0.2, 0) is 0 Å². The molecule has 0 amide bonds. The monoisotopic (exact) mass is 236 g/mol. The largest absolute Gasteiger partial charge is 0.286 e. The van der Waals surface area contributed by atoms with Crippen molar-refractivity contribution in [2.45, 2.75) is 65.3 Å². The van der Waals surface area contributed by atoms with Gasteiger partial charge >= 0.3 is 0 Å². The van der Waals surface area contributed by atoms with Crippen LogP contribution >= 0.6 is 0 Å². The summed E-state index contributed by atoms with van der Waals surface area (Å²) in [6.07, 6.45) is 5.89. The summed E-state index contributed by atoms with van der Waals surface area (Å²) >= 11 is 0. The molecule has 17 heavy (non-hydrogen) atoms. The fourth-order valence-electron chi connectivity index (χ4n) is 3.18. The molecule has 0 aromatic heterocycles. The van der Waals surface area contributed by atoms with Crippen LogP contribution in [0.1, 0.15) is 59.8 Å². The molecule has 98 valence electrons. The first-order chi connectivity index (χ1) is 8.00. The average molecular weight is 236 g/mol. The lowest BCUT2D eigenvalue weighted by atomic mass is 9.80. The first-order valence-corrected chi connectivity index (χ1v) is 7.16. The number of hydrogen-bond donors (Lipinski definition) is 0. The minimum atomic E-state index is -0.206. The van der Waals surface area contributed by atoms with Crippen molar-refractivity contribution in [3.8, 4) is 6.07 Å². The van der Waals surface area contributed by atoms with Gasteiger partial charge in [-0.1, -0.05) is 34.1 Å². The van der Waals surface area contributed by atoms with E-state index in [0.29, 0.717) is 11.8 Å². The normalized spacial score (nSPS) is 18.6. The van der Waals surface area contributed by atoms with Crippen molar-refractivity contribution in [3.63, 3.8) is 0 Å². The van der Waals surface area contributed by atoms with Gasteiger partial charge in [0.2, 0.25) is 0 Å². The number of nitriles is 1. The third-order valence-electron chi connectivity index (χ3n) is 3.66. The SMILES string of the molecule is CC(C)CC(C#N)(CC(C)C)N1CCCCC1. The Balaban J connectivity index is 2.84. The average Bonchev–Trinajstić information content (AvgIpc) is 2.28. The van der Waals surface area contributed by atoms with Crippen molar-refractivity contribution < 1.29 is 0 Å². The summed E-state index contributed by atoms with van der Waals surface area (Å²) in [5, 5.41) is 9.73. The summed E-state index contributed by atoms with van der Waals surface area (Å²) in [4.78, 5) is 2.47. The molecule has 0 aliphatic carbocycles. The second kappa shape index (κ2) is 6.40. The summed E-state index contributed by atoms with van der Waals surface area (Å²) in [6, 6.07) is 2.67. The van der Waals surface area contributed by atoms with E-state index in [1.54, 1.807) is 0 Å². The Kier molecular flexibility index (Phi) is 5.46. The van der Waals surface area contributed by atoms with Crippen LogP contribution < -0.4 is 0 Å². The van der Waals surface area contributed by atoms with E-state index in [9.17, 15) is 5.26 Å². The Morgan fingerprint density at radius 1 is 1.00 bits per heavy atom. The van der Waals surface area contributed by atoms with Crippen LogP contribution in [0.25, 0.3) is 0 Å². The first-order valence-electron chi connectivity index (χ1n) is 7.16. The minimum Gasteiger partial charge on any atom is -0.286 e. The van der Waals surface area contributed by atoms with Crippen molar-refractivity contribution >= 4 is 0 Å². The number of hydrogen-bond acceptors (Lipinski definition) is 2. The van der Waals surface area contributed by atoms with Gasteiger partial charge in [-0.3, -0.25) is 4.90 Å². The molecule has 0 N–H and O–H groups in total. The molecule has 0 aromatic rings. The summed E-state index contributed by atoms with van der Waals surface area (Å²) in [7, 11) is 0.